The van der Waals surface area contributed by atoms with Gasteiger partial charge in [0.2, 0.25) is 6.79 Å². The van der Waals surface area contributed by atoms with Crippen LogP contribution in [0.1, 0.15) is 4.88 Å². The summed E-state index contributed by atoms with van der Waals surface area (Å²) in [5.74, 6) is 1.59. The van der Waals surface area contributed by atoms with Crippen LogP contribution in [0.4, 0.5) is 5.00 Å². The fraction of sp³-hybridized carbons (Fsp3) is 0.167. The van der Waals surface area contributed by atoms with Gasteiger partial charge in [0.1, 0.15) is 0 Å². The molecule has 0 spiro atoms. The summed E-state index contributed by atoms with van der Waals surface area (Å²) in [4.78, 5) is 1.21. The zero-order valence-corrected chi connectivity index (χ0v) is 9.64. The Kier molecular flexibility index (Phi) is 2.04. The zero-order valence-electron chi connectivity index (χ0n) is 8.82. The number of hydrogen-bond donors (Lipinski definition) is 1. The number of rotatable bonds is 1. The standard InChI is InChI=1S/C12H11NO2S/c1-7-4-9(12(13)16-7)8-2-3-10-11(5-8)15-6-14-10/h2-5H,6,13H2,1H3. The van der Waals surface area contributed by atoms with Crippen molar-refractivity contribution >= 4 is 16.3 Å². The summed E-state index contributed by atoms with van der Waals surface area (Å²) < 4.78 is 10.6. The second-order valence-electron chi connectivity index (χ2n) is 3.70. The first kappa shape index (κ1) is 9.54. The van der Waals surface area contributed by atoms with Crippen molar-refractivity contribution in [1.82, 2.24) is 0 Å². The topological polar surface area (TPSA) is 44.5 Å². The van der Waals surface area contributed by atoms with Gasteiger partial charge in [-0.25, -0.2) is 0 Å². The molecule has 0 unspecified atom stereocenters. The Morgan fingerprint density at radius 3 is 2.75 bits per heavy atom. The lowest BCUT2D eigenvalue weighted by Gasteiger charge is -2.01. The van der Waals surface area contributed by atoms with E-state index in [4.69, 9.17) is 15.2 Å². The Morgan fingerprint density at radius 2 is 2.00 bits per heavy atom. The third-order valence-corrected chi connectivity index (χ3v) is 3.45. The minimum absolute atomic E-state index is 0.303. The summed E-state index contributed by atoms with van der Waals surface area (Å²) in [6, 6.07) is 7.99. The van der Waals surface area contributed by atoms with Gasteiger partial charge in [0.25, 0.3) is 0 Å². The first-order chi connectivity index (χ1) is 7.74. The first-order valence-corrected chi connectivity index (χ1v) is 5.81. The molecule has 2 aromatic rings. The molecule has 0 amide bonds. The zero-order chi connectivity index (χ0) is 11.1. The lowest BCUT2D eigenvalue weighted by Crippen LogP contribution is -1.92. The fourth-order valence-electron chi connectivity index (χ4n) is 1.82. The SMILES string of the molecule is Cc1cc(-c2ccc3c(c2)OCO3)c(N)s1. The molecule has 3 nitrogen and oxygen atoms in total. The van der Waals surface area contributed by atoms with Crippen molar-refractivity contribution in [2.75, 3.05) is 12.5 Å². The maximum Gasteiger partial charge on any atom is 0.231 e. The van der Waals surface area contributed by atoms with Crippen molar-refractivity contribution in [1.29, 1.82) is 0 Å². The van der Waals surface area contributed by atoms with Crippen molar-refractivity contribution < 1.29 is 9.47 Å². The van der Waals surface area contributed by atoms with Gasteiger partial charge in [-0.2, -0.15) is 0 Å². The number of benzene rings is 1. The van der Waals surface area contributed by atoms with E-state index in [1.165, 1.54) is 4.88 Å². The lowest BCUT2D eigenvalue weighted by molar-refractivity contribution is 0.174. The van der Waals surface area contributed by atoms with Crippen LogP contribution in [-0.4, -0.2) is 6.79 Å². The lowest BCUT2D eigenvalue weighted by atomic mass is 10.1. The van der Waals surface area contributed by atoms with Gasteiger partial charge in [-0.05, 0) is 30.7 Å². The third-order valence-electron chi connectivity index (χ3n) is 2.57. The molecule has 3 rings (SSSR count). The van der Waals surface area contributed by atoms with Crippen molar-refractivity contribution in [3.05, 3.63) is 29.1 Å². The summed E-state index contributed by atoms with van der Waals surface area (Å²) in [5.41, 5.74) is 8.11. The number of nitrogen functional groups attached to an aromatic ring is 1. The predicted octanol–water partition coefficient (Wildman–Crippen LogP) is 3.03. The maximum atomic E-state index is 5.97. The third kappa shape index (κ3) is 1.42. The molecule has 0 radical (unpaired) electrons. The number of thiophene rings is 1. The van der Waals surface area contributed by atoms with Gasteiger partial charge >= 0.3 is 0 Å². The smallest absolute Gasteiger partial charge is 0.231 e. The maximum absolute atomic E-state index is 5.97. The molecular weight excluding hydrogens is 222 g/mol. The molecule has 0 bridgehead atoms. The van der Waals surface area contributed by atoms with E-state index in [9.17, 15) is 0 Å². The molecule has 0 saturated carbocycles. The van der Waals surface area contributed by atoms with E-state index in [1.54, 1.807) is 11.3 Å². The molecule has 1 aromatic heterocycles. The van der Waals surface area contributed by atoms with E-state index in [0.29, 0.717) is 6.79 Å². The monoisotopic (exact) mass is 233 g/mol. The van der Waals surface area contributed by atoms with Gasteiger partial charge in [0.15, 0.2) is 11.5 Å². The molecule has 16 heavy (non-hydrogen) atoms. The van der Waals surface area contributed by atoms with Crippen molar-refractivity contribution in [2.24, 2.45) is 0 Å². The predicted molar refractivity (Wildman–Crippen MR) is 65.0 cm³/mol. The Balaban J connectivity index is 2.10. The van der Waals surface area contributed by atoms with Crippen LogP contribution in [0.15, 0.2) is 24.3 Å². The molecule has 2 N–H and O–H groups in total. The summed E-state index contributed by atoms with van der Waals surface area (Å²) in [7, 11) is 0. The number of fused-ring (bicyclic) bond motifs is 1. The van der Waals surface area contributed by atoms with Gasteiger partial charge in [-0.1, -0.05) is 6.07 Å². The molecule has 1 aromatic carbocycles. The van der Waals surface area contributed by atoms with Gasteiger partial charge in [-0.3, -0.25) is 0 Å². The highest BCUT2D eigenvalue weighted by atomic mass is 32.1. The summed E-state index contributed by atoms with van der Waals surface area (Å²) in [5, 5.41) is 0.844. The van der Waals surface area contributed by atoms with E-state index < -0.39 is 0 Å². The quantitative estimate of drug-likeness (QED) is 0.823. The minimum atomic E-state index is 0.303. The number of hydrogen-bond acceptors (Lipinski definition) is 4. The van der Waals surface area contributed by atoms with E-state index in [1.807, 2.05) is 18.2 Å². The molecule has 82 valence electrons. The van der Waals surface area contributed by atoms with Crippen LogP contribution in [0.5, 0.6) is 11.5 Å². The Hall–Kier alpha value is -1.68. The Labute approximate surface area is 97.4 Å². The second-order valence-corrected chi connectivity index (χ2v) is 4.99. The highest BCUT2D eigenvalue weighted by Gasteiger charge is 2.15. The van der Waals surface area contributed by atoms with Crippen LogP contribution in [0.3, 0.4) is 0 Å². The van der Waals surface area contributed by atoms with Gasteiger partial charge in [0.05, 0.1) is 5.00 Å². The van der Waals surface area contributed by atoms with Crippen LogP contribution in [0.2, 0.25) is 0 Å². The van der Waals surface area contributed by atoms with Crippen LogP contribution in [0, 0.1) is 6.92 Å². The highest BCUT2D eigenvalue weighted by molar-refractivity contribution is 7.16. The van der Waals surface area contributed by atoms with Gasteiger partial charge < -0.3 is 15.2 Å². The number of anilines is 1. The van der Waals surface area contributed by atoms with Gasteiger partial charge in [-0.15, -0.1) is 11.3 Å². The molecule has 1 aliphatic heterocycles. The molecule has 2 heterocycles. The summed E-state index contributed by atoms with van der Waals surface area (Å²) in [6.45, 7) is 2.36. The second kappa shape index (κ2) is 3.42. The van der Waals surface area contributed by atoms with Crippen molar-refractivity contribution in [3.63, 3.8) is 0 Å². The minimum Gasteiger partial charge on any atom is -0.454 e. The first-order valence-electron chi connectivity index (χ1n) is 5.00. The molecule has 0 fully saturated rings. The Bertz CT molecular complexity index is 548. The summed E-state index contributed by atoms with van der Waals surface area (Å²) >= 11 is 1.60. The molecule has 0 atom stereocenters. The molecule has 4 heteroatoms. The van der Waals surface area contributed by atoms with E-state index >= 15 is 0 Å². The van der Waals surface area contributed by atoms with Crippen molar-refractivity contribution in [3.8, 4) is 22.6 Å². The largest absolute Gasteiger partial charge is 0.454 e. The number of ether oxygens (including phenoxy) is 2. The molecule has 0 saturated heterocycles. The number of nitrogens with two attached hydrogens (primary N) is 1. The van der Waals surface area contributed by atoms with E-state index in [-0.39, 0.29) is 0 Å². The van der Waals surface area contributed by atoms with Crippen LogP contribution < -0.4 is 15.2 Å². The molecule has 0 aliphatic carbocycles. The van der Waals surface area contributed by atoms with E-state index in [2.05, 4.69) is 13.0 Å². The van der Waals surface area contributed by atoms with Crippen LogP contribution in [-0.2, 0) is 0 Å². The van der Waals surface area contributed by atoms with Crippen molar-refractivity contribution in [2.45, 2.75) is 6.92 Å². The van der Waals surface area contributed by atoms with Gasteiger partial charge in [0, 0.05) is 10.4 Å². The molecule has 1 aliphatic rings. The van der Waals surface area contributed by atoms with E-state index in [0.717, 1.165) is 27.6 Å². The van der Waals surface area contributed by atoms with Crippen LogP contribution >= 0.6 is 11.3 Å². The molecular formula is C12H11NO2S. The normalized spacial score (nSPS) is 13.1. The average Bonchev–Trinajstić information content (AvgIpc) is 2.83. The fourth-order valence-corrected chi connectivity index (χ4v) is 2.63. The van der Waals surface area contributed by atoms with Crippen LogP contribution in [0.25, 0.3) is 11.1 Å². The Morgan fingerprint density at radius 1 is 1.19 bits per heavy atom. The number of aryl methyl sites for hydroxylation is 1. The summed E-state index contributed by atoms with van der Waals surface area (Å²) in [6.07, 6.45) is 0. The average molecular weight is 233 g/mol. The highest BCUT2D eigenvalue weighted by Crippen LogP contribution is 2.39.